The van der Waals surface area contributed by atoms with Crippen LogP contribution in [0.3, 0.4) is 0 Å². The first-order valence-corrected chi connectivity index (χ1v) is 7.91. The van der Waals surface area contributed by atoms with E-state index in [1.807, 2.05) is 18.2 Å². The molecular weight excluding hydrogens is 260 g/mol. The highest BCUT2D eigenvalue weighted by atomic mass is 16.1. The van der Waals surface area contributed by atoms with E-state index in [-0.39, 0.29) is 23.4 Å². The van der Waals surface area contributed by atoms with E-state index in [1.165, 1.54) is 0 Å². The van der Waals surface area contributed by atoms with E-state index in [2.05, 4.69) is 45.1 Å². The highest BCUT2D eigenvalue weighted by Gasteiger charge is 2.20. The first-order valence-electron chi connectivity index (χ1n) is 7.91. The van der Waals surface area contributed by atoms with Crippen LogP contribution < -0.4 is 11.1 Å². The van der Waals surface area contributed by atoms with Gasteiger partial charge in [-0.05, 0) is 23.8 Å². The zero-order valence-electron chi connectivity index (χ0n) is 13.9. The highest BCUT2D eigenvalue weighted by Crippen LogP contribution is 2.22. The van der Waals surface area contributed by atoms with Gasteiger partial charge in [-0.1, -0.05) is 64.4 Å². The molecule has 0 bridgehead atoms. The predicted molar refractivity (Wildman–Crippen MR) is 88.9 cm³/mol. The Bertz CT molecular complexity index is 423. The van der Waals surface area contributed by atoms with Crippen molar-refractivity contribution in [3.05, 3.63) is 35.9 Å². The van der Waals surface area contributed by atoms with Crippen LogP contribution in [0.25, 0.3) is 0 Å². The van der Waals surface area contributed by atoms with Gasteiger partial charge in [0.05, 0.1) is 6.04 Å². The maximum atomic E-state index is 12.2. The van der Waals surface area contributed by atoms with Crippen molar-refractivity contribution in [2.45, 2.75) is 65.5 Å². The maximum Gasteiger partial charge on any atom is 0.222 e. The number of amides is 1. The Hall–Kier alpha value is -1.35. The van der Waals surface area contributed by atoms with Crippen molar-refractivity contribution in [3.63, 3.8) is 0 Å². The lowest BCUT2D eigenvalue weighted by molar-refractivity contribution is -0.122. The van der Waals surface area contributed by atoms with Crippen LogP contribution in [0.4, 0.5) is 0 Å². The van der Waals surface area contributed by atoms with E-state index >= 15 is 0 Å². The maximum absolute atomic E-state index is 12.2. The molecule has 0 heterocycles. The Morgan fingerprint density at radius 1 is 1.24 bits per heavy atom. The van der Waals surface area contributed by atoms with Crippen LogP contribution in [0.5, 0.6) is 0 Å². The van der Waals surface area contributed by atoms with Crippen LogP contribution in [0.2, 0.25) is 0 Å². The lowest BCUT2D eigenvalue weighted by atomic mass is 9.87. The van der Waals surface area contributed by atoms with Gasteiger partial charge >= 0.3 is 0 Å². The fourth-order valence-electron chi connectivity index (χ4n) is 2.65. The molecule has 0 aliphatic heterocycles. The molecule has 0 fully saturated rings. The summed E-state index contributed by atoms with van der Waals surface area (Å²) in [6, 6.07) is 10.2. The number of nitrogens with two attached hydrogens (primary N) is 1. The molecule has 0 radical (unpaired) electrons. The molecule has 118 valence electrons. The number of nitrogens with one attached hydrogen (secondary N) is 1. The first-order chi connectivity index (χ1) is 9.81. The van der Waals surface area contributed by atoms with Gasteiger partial charge in [-0.2, -0.15) is 0 Å². The second kappa shape index (κ2) is 8.18. The standard InChI is InChI=1S/C18H30N2O/c1-5-9-16(14-10-7-6-8-11-14)20-17(21)12-15(19)13-18(2,3)4/h6-8,10-11,15-16H,5,9,12-13,19H2,1-4H3,(H,20,21). The molecule has 1 rings (SSSR count). The number of hydrogen-bond acceptors (Lipinski definition) is 2. The van der Waals surface area contributed by atoms with Crippen molar-refractivity contribution in [3.8, 4) is 0 Å². The number of carbonyl (C=O) groups is 1. The molecule has 21 heavy (non-hydrogen) atoms. The fourth-order valence-corrected chi connectivity index (χ4v) is 2.65. The zero-order valence-corrected chi connectivity index (χ0v) is 13.9. The Morgan fingerprint density at radius 2 is 1.86 bits per heavy atom. The second-order valence-electron chi connectivity index (χ2n) is 7.05. The fraction of sp³-hybridized carbons (Fsp3) is 0.611. The van der Waals surface area contributed by atoms with Crippen molar-refractivity contribution < 1.29 is 4.79 Å². The molecule has 1 aromatic rings. The van der Waals surface area contributed by atoms with Crippen LogP contribution in [0.15, 0.2) is 30.3 Å². The van der Waals surface area contributed by atoms with Gasteiger partial charge in [0.2, 0.25) is 5.91 Å². The van der Waals surface area contributed by atoms with Crippen molar-refractivity contribution in [2.75, 3.05) is 0 Å². The Kier molecular flexibility index (Phi) is 6.90. The minimum Gasteiger partial charge on any atom is -0.349 e. The van der Waals surface area contributed by atoms with Crippen LogP contribution in [-0.4, -0.2) is 11.9 Å². The minimum atomic E-state index is -0.0805. The monoisotopic (exact) mass is 290 g/mol. The summed E-state index contributed by atoms with van der Waals surface area (Å²) in [4.78, 5) is 12.2. The summed E-state index contributed by atoms with van der Waals surface area (Å²) in [6.07, 6.45) is 3.23. The molecule has 0 saturated carbocycles. The van der Waals surface area contributed by atoms with Crippen molar-refractivity contribution in [1.82, 2.24) is 5.32 Å². The van der Waals surface area contributed by atoms with Gasteiger partial charge in [0.25, 0.3) is 0 Å². The topological polar surface area (TPSA) is 55.1 Å². The number of hydrogen-bond donors (Lipinski definition) is 2. The molecule has 0 aliphatic carbocycles. The largest absolute Gasteiger partial charge is 0.349 e. The number of rotatable bonds is 7. The van der Waals surface area contributed by atoms with Gasteiger partial charge in [0.1, 0.15) is 0 Å². The lowest BCUT2D eigenvalue weighted by Gasteiger charge is -2.24. The third kappa shape index (κ3) is 7.28. The summed E-state index contributed by atoms with van der Waals surface area (Å²) in [6.45, 7) is 8.57. The molecule has 1 aromatic carbocycles. The average Bonchev–Trinajstić information content (AvgIpc) is 2.36. The highest BCUT2D eigenvalue weighted by molar-refractivity contribution is 5.77. The molecule has 3 nitrogen and oxygen atoms in total. The SMILES string of the molecule is CCCC(NC(=O)CC(N)CC(C)(C)C)c1ccccc1. The summed E-state index contributed by atoms with van der Waals surface area (Å²) < 4.78 is 0. The molecule has 0 aliphatic rings. The quantitative estimate of drug-likeness (QED) is 0.802. The summed E-state index contributed by atoms with van der Waals surface area (Å²) in [5, 5.41) is 3.13. The van der Waals surface area contributed by atoms with E-state index in [1.54, 1.807) is 0 Å². The van der Waals surface area contributed by atoms with Gasteiger partial charge in [-0.25, -0.2) is 0 Å². The van der Waals surface area contributed by atoms with Gasteiger partial charge in [0, 0.05) is 12.5 Å². The number of benzene rings is 1. The molecule has 1 amide bonds. The molecule has 3 N–H and O–H groups in total. The Labute approximate surface area is 129 Å². The molecule has 3 heteroatoms. The van der Waals surface area contributed by atoms with E-state index in [0.717, 1.165) is 24.8 Å². The van der Waals surface area contributed by atoms with Crippen LogP contribution in [0.1, 0.15) is 65.0 Å². The third-order valence-corrected chi connectivity index (χ3v) is 3.44. The summed E-state index contributed by atoms with van der Waals surface area (Å²) in [7, 11) is 0. The van der Waals surface area contributed by atoms with E-state index in [9.17, 15) is 4.79 Å². The zero-order chi connectivity index (χ0) is 15.9. The second-order valence-corrected chi connectivity index (χ2v) is 7.05. The summed E-state index contributed by atoms with van der Waals surface area (Å²) in [5.74, 6) is 0.0500. The molecular formula is C18H30N2O. The van der Waals surface area contributed by atoms with Gasteiger partial charge < -0.3 is 11.1 Å². The van der Waals surface area contributed by atoms with Crippen LogP contribution in [-0.2, 0) is 4.79 Å². The molecule has 0 saturated heterocycles. The van der Waals surface area contributed by atoms with Crippen molar-refractivity contribution in [2.24, 2.45) is 11.1 Å². The van der Waals surface area contributed by atoms with Gasteiger partial charge in [0.15, 0.2) is 0 Å². The van der Waals surface area contributed by atoms with Gasteiger partial charge in [-0.15, -0.1) is 0 Å². The van der Waals surface area contributed by atoms with E-state index in [0.29, 0.717) is 6.42 Å². The average molecular weight is 290 g/mol. The van der Waals surface area contributed by atoms with E-state index in [4.69, 9.17) is 5.73 Å². The van der Waals surface area contributed by atoms with Crippen molar-refractivity contribution in [1.29, 1.82) is 0 Å². The third-order valence-electron chi connectivity index (χ3n) is 3.44. The molecule has 2 unspecified atom stereocenters. The first kappa shape index (κ1) is 17.7. The summed E-state index contributed by atoms with van der Waals surface area (Å²) >= 11 is 0. The predicted octanol–water partition coefficient (Wildman–Crippen LogP) is 3.80. The van der Waals surface area contributed by atoms with Crippen LogP contribution >= 0.6 is 0 Å². The molecule has 0 spiro atoms. The lowest BCUT2D eigenvalue weighted by Crippen LogP contribution is -2.36. The van der Waals surface area contributed by atoms with Crippen molar-refractivity contribution >= 4 is 5.91 Å². The van der Waals surface area contributed by atoms with Gasteiger partial charge in [-0.3, -0.25) is 4.79 Å². The normalized spacial score (nSPS) is 14.5. The Morgan fingerprint density at radius 3 is 2.38 bits per heavy atom. The summed E-state index contributed by atoms with van der Waals surface area (Å²) in [5.41, 5.74) is 7.41. The molecule has 2 atom stereocenters. The minimum absolute atomic E-state index is 0.0500. The van der Waals surface area contributed by atoms with Crippen LogP contribution in [0, 0.1) is 5.41 Å². The number of carbonyl (C=O) groups excluding carboxylic acids is 1. The smallest absolute Gasteiger partial charge is 0.222 e. The van der Waals surface area contributed by atoms with E-state index < -0.39 is 0 Å². The Balaban J connectivity index is 2.57. The molecule has 0 aromatic heterocycles.